The number of para-hydroxylation sites is 1. The summed E-state index contributed by atoms with van der Waals surface area (Å²) in [6, 6.07) is 8.88. The summed E-state index contributed by atoms with van der Waals surface area (Å²) in [6.45, 7) is 4.13. The molecule has 4 atom stereocenters. The second-order valence-corrected chi connectivity index (χ2v) is 7.74. The second-order valence-electron chi connectivity index (χ2n) is 7.74. The molecule has 0 bridgehead atoms. The SMILES string of the molecule is COC(=O)C1=CO[C@@H](C)[C@@H]2CN3CCc4c([nH]c5ccccc45)C3C[C@H]12. The summed E-state index contributed by atoms with van der Waals surface area (Å²) in [5.41, 5.74) is 4.69. The van der Waals surface area contributed by atoms with E-state index in [4.69, 9.17) is 9.47 Å². The molecule has 1 aromatic heterocycles. The topological polar surface area (TPSA) is 54.6 Å². The molecule has 1 aromatic carbocycles. The van der Waals surface area contributed by atoms with Crippen molar-refractivity contribution in [2.24, 2.45) is 11.8 Å². The molecule has 26 heavy (non-hydrogen) atoms. The molecular weight excluding hydrogens is 328 g/mol. The fraction of sp³-hybridized carbons (Fsp3) is 0.476. The Bertz CT molecular complexity index is 900. The van der Waals surface area contributed by atoms with Crippen molar-refractivity contribution in [1.82, 2.24) is 9.88 Å². The van der Waals surface area contributed by atoms with E-state index in [-0.39, 0.29) is 18.0 Å². The predicted octanol–water partition coefficient (Wildman–Crippen LogP) is 3.18. The molecule has 3 aliphatic heterocycles. The highest BCUT2D eigenvalue weighted by molar-refractivity contribution is 5.89. The molecule has 5 heteroatoms. The summed E-state index contributed by atoms with van der Waals surface area (Å²) in [6.07, 6.45) is 3.77. The van der Waals surface area contributed by atoms with Crippen molar-refractivity contribution in [3.8, 4) is 0 Å². The Labute approximate surface area is 153 Å². The highest BCUT2D eigenvalue weighted by Gasteiger charge is 2.46. The van der Waals surface area contributed by atoms with E-state index in [1.807, 2.05) is 0 Å². The van der Waals surface area contributed by atoms with Gasteiger partial charge in [-0.2, -0.15) is 0 Å². The van der Waals surface area contributed by atoms with E-state index in [2.05, 4.69) is 41.1 Å². The van der Waals surface area contributed by atoms with Crippen molar-refractivity contribution in [2.75, 3.05) is 20.2 Å². The predicted molar refractivity (Wildman–Crippen MR) is 98.6 cm³/mol. The van der Waals surface area contributed by atoms with Crippen LogP contribution >= 0.6 is 0 Å². The highest BCUT2D eigenvalue weighted by atomic mass is 16.5. The summed E-state index contributed by atoms with van der Waals surface area (Å²) < 4.78 is 10.8. The summed E-state index contributed by atoms with van der Waals surface area (Å²) in [4.78, 5) is 18.5. The molecule has 4 heterocycles. The third kappa shape index (κ3) is 2.23. The number of nitrogens with one attached hydrogen (secondary N) is 1. The molecule has 5 rings (SSSR count). The molecule has 1 N–H and O–H groups in total. The number of esters is 1. The van der Waals surface area contributed by atoms with Crippen LogP contribution in [0.3, 0.4) is 0 Å². The Morgan fingerprint density at radius 2 is 2.19 bits per heavy atom. The van der Waals surface area contributed by atoms with E-state index in [0.717, 1.165) is 25.9 Å². The number of aromatic amines is 1. The van der Waals surface area contributed by atoms with Crippen LogP contribution in [0.2, 0.25) is 0 Å². The first-order valence-electron chi connectivity index (χ1n) is 9.44. The molecule has 1 fully saturated rings. The van der Waals surface area contributed by atoms with Crippen molar-refractivity contribution in [2.45, 2.75) is 31.9 Å². The molecule has 3 aliphatic rings. The van der Waals surface area contributed by atoms with Gasteiger partial charge < -0.3 is 14.5 Å². The zero-order valence-electron chi connectivity index (χ0n) is 15.2. The van der Waals surface area contributed by atoms with Crippen LogP contribution in [-0.4, -0.2) is 42.2 Å². The zero-order chi connectivity index (χ0) is 17.8. The number of hydrogen-bond acceptors (Lipinski definition) is 4. The number of carbonyl (C=O) groups is 1. The number of nitrogens with zero attached hydrogens (tertiary/aromatic N) is 1. The Morgan fingerprint density at radius 3 is 3.04 bits per heavy atom. The van der Waals surface area contributed by atoms with Crippen molar-refractivity contribution < 1.29 is 14.3 Å². The van der Waals surface area contributed by atoms with Crippen LogP contribution in [0.5, 0.6) is 0 Å². The molecule has 0 amide bonds. The maximum absolute atomic E-state index is 12.3. The number of carbonyl (C=O) groups excluding carboxylic acids is 1. The molecule has 1 unspecified atom stereocenters. The van der Waals surface area contributed by atoms with Crippen molar-refractivity contribution in [3.63, 3.8) is 0 Å². The van der Waals surface area contributed by atoms with Crippen LogP contribution in [-0.2, 0) is 20.7 Å². The van der Waals surface area contributed by atoms with Gasteiger partial charge in [0.25, 0.3) is 0 Å². The minimum Gasteiger partial charge on any atom is -0.497 e. The monoisotopic (exact) mass is 352 g/mol. The standard InChI is InChI=1S/C21H24N2O3/c1-12-16-10-23-8-7-14-13-5-3-4-6-18(13)22-20(14)19(23)9-15(16)17(11-26-12)21(24)25-2/h3-6,11-12,15-16,19,22H,7-10H2,1-2H3/t12-,15-,16-,19?/m0/s1. The Kier molecular flexibility index (Phi) is 3.60. The number of fused-ring (bicyclic) bond motifs is 6. The largest absolute Gasteiger partial charge is 0.497 e. The molecular formula is C21H24N2O3. The number of benzene rings is 1. The van der Waals surface area contributed by atoms with Gasteiger partial charge in [0.05, 0.1) is 31.1 Å². The van der Waals surface area contributed by atoms with Crippen LogP contribution in [0.1, 0.15) is 30.6 Å². The number of methoxy groups -OCH3 is 1. The number of hydrogen-bond donors (Lipinski definition) is 1. The molecule has 5 nitrogen and oxygen atoms in total. The smallest absolute Gasteiger partial charge is 0.337 e. The first kappa shape index (κ1) is 15.9. The Balaban J connectivity index is 1.55. The lowest BCUT2D eigenvalue weighted by molar-refractivity contribution is -0.139. The van der Waals surface area contributed by atoms with E-state index in [9.17, 15) is 4.79 Å². The van der Waals surface area contributed by atoms with Crippen LogP contribution in [0.25, 0.3) is 10.9 Å². The fourth-order valence-electron chi connectivity index (χ4n) is 5.19. The summed E-state index contributed by atoms with van der Waals surface area (Å²) in [5, 5.41) is 1.34. The average molecular weight is 352 g/mol. The van der Waals surface area contributed by atoms with Gasteiger partial charge in [0, 0.05) is 41.5 Å². The number of rotatable bonds is 1. The maximum Gasteiger partial charge on any atom is 0.337 e. The minimum absolute atomic E-state index is 0.124. The van der Waals surface area contributed by atoms with Gasteiger partial charge in [-0.15, -0.1) is 0 Å². The first-order chi connectivity index (χ1) is 12.7. The van der Waals surface area contributed by atoms with Crippen molar-refractivity contribution in [1.29, 1.82) is 0 Å². The second kappa shape index (κ2) is 5.88. The molecule has 0 radical (unpaired) electrons. The van der Waals surface area contributed by atoms with Gasteiger partial charge in [0.15, 0.2) is 0 Å². The van der Waals surface area contributed by atoms with E-state index >= 15 is 0 Å². The van der Waals surface area contributed by atoms with Crippen LogP contribution in [0.4, 0.5) is 0 Å². The molecule has 136 valence electrons. The quantitative estimate of drug-likeness (QED) is 0.801. The number of H-pyrrole nitrogens is 1. The first-order valence-corrected chi connectivity index (χ1v) is 9.44. The van der Waals surface area contributed by atoms with E-state index in [1.54, 1.807) is 6.26 Å². The van der Waals surface area contributed by atoms with E-state index < -0.39 is 0 Å². The van der Waals surface area contributed by atoms with Gasteiger partial charge in [-0.3, -0.25) is 4.90 Å². The molecule has 0 aliphatic carbocycles. The van der Waals surface area contributed by atoms with Crippen molar-refractivity contribution in [3.05, 3.63) is 47.4 Å². The Morgan fingerprint density at radius 1 is 1.35 bits per heavy atom. The lowest BCUT2D eigenvalue weighted by Crippen LogP contribution is -2.51. The van der Waals surface area contributed by atoms with Crippen molar-refractivity contribution >= 4 is 16.9 Å². The lowest BCUT2D eigenvalue weighted by Gasteiger charge is -2.49. The van der Waals surface area contributed by atoms with Gasteiger partial charge in [0.1, 0.15) is 0 Å². The summed E-state index contributed by atoms with van der Waals surface area (Å²) >= 11 is 0. The number of aromatic nitrogens is 1. The van der Waals surface area contributed by atoms with Gasteiger partial charge >= 0.3 is 5.97 Å². The third-order valence-electron chi connectivity index (χ3n) is 6.54. The van der Waals surface area contributed by atoms with E-state index in [1.165, 1.54) is 29.3 Å². The Hall–Kier alpha value is -2.27. The minimum atomic E-state index is -0.256. The number of piperidine rings is 1. The highest BCUT2D eigenvalue weighted by Crippen LogP contribution is 2.47. The normalized spacial score (nSPS) is 30.6. The zero-order valence-corrected chi connectivity index (χ0v) is 15.2. The third-order valence-corrected chi connectivity index (χ3v) is 6.54. The fourth-order valence-corrected chi connectivity index (χ4v) is 5.19. The number of ether oxygens (including phenoxy) is 2. The maximum atomic E-state index is 12.3. The molecule has 2 aromatic rings. The summed E-state index contributed by atoms with van der Waals surface area (Å²) in [5.74, 6) is 0.258. The van der Waals surface area contributed by atoms with Crippen LogP contribution < -0.4 is 0 Å². The van der Waals surface area contributed by atoms with Crippen LogP contribution in [0.15, 0.2) is 36.1 Å². The molecule has 1 saturated heterocycles. The van der Waals surface area contributed by atoms with Gasteiger partial charge in [0.2, 0.25) is 0 Å². The molecule has 0 spiro atoms. The molecule has 0 saturated carbocycles. The summed E-state index contributed by atoms with van der Waals surface area (Å²) in [7, 11) is 1.45. The van der Waals surface area contributed by atoms with Crippen LogP contribution in [0, 0.1) is 11.8 Å². The van der Waals surface area contributed by atoms with Gasteiger partial charge in [-0.1, -0.05) is 18.2 Å². The van der Waals surface area contributed by atoms with Gasteiger partial charge in [-0.25, -0.2) is 4.79 Å². The van der Waals surface area contributed by atoms with E-state index in [0.29, 0.717) is 17.5 Å². The average Bonchev–Trinajstić information content (AvgIpc) is 3.06. The van der Waals surface area contributed by atoms with Gasteiger partial charge in [-0.05, 0) is 31.4 Å². The lowest BCUT2D eigenvalue weighted by atomic mass is 9.72.